The zero-order valence-corrected chi connectivity index (χ0v) is 18.7. The number of hydrogen-bond acceptors (Lipinski definition) is 5. The van der Waals surface area contributed by atoms with Gasteiger partial charge in [-0.25, -0.2) is 0 Å². The van der Waals surface area contributed by atoms with Crippen LogP contribution < -0.4 is 10.7 Å². The predicted molar refractivity (Wildman–Crippen MR) is 133 cm³/mol. The van der Waals surface area contributed by atoms with Crippen molar-refractivity contribution in [2.75, 3.05) is 5.32 Å². The lowest BCUT2D eigenvalue weighted by atomic mass is 9.75. The molecule has 0 fully saturated rings. The van der Waals surface area contributed by atoms with Crippen LogP contribution in [-0.4, -0.2) is 17.7 Å². The summed E-state index contributed by atoms with van der Waals surface area (Å²) < 4.78 is 0. The first-order valence-electron chi connectivity index (χ1n) is 11.6. The standard InChI is InChI=1S/C28H28N4O/c1-2-7-21(29)16-18-12-14-20(15-13-18)27-25(19-8-4-3-5-9-19)28-26-22(24(17-33)31-32-28)10-6-11-23(26)30-27/h3-6,8-15,17,24-25,27,29-31H,2,7,16H2,1H3. The zero-order chi connectivity index (χ0) is 22.8. The van der Waals surface area contributed by atoms with Crippen molar-refractivity contribution in [3.05, 3.63) is 101 Å². The summed E-state index contributed by atoms with van der Waals surface area (Å²) in [7, 11) is 0. The van der Waals surface area contributed by atoms with E-state index in [-0.39, 0.29) is 12.0 Å². The van der Waals surface area contributed by atoms with Gasteiger partial charge in [0, 0.05) is 23.4 Å². The quantitative estimate of drug-likeness (QED) is 0.336. The Morgan fingerprint density at radius 1 is 1.00 bits per heavy atom. The average Bonchev–Trinajstić information content (AvgIpc) is 2.85. The largest absolute Gasteiger partial charge is 0.377 e. The van der Waals surface area contributed by atoms with Gasteiger partial charge in [-0.05, 0) is 34.7 Å². The van der Waals surface area contributed by atoms with Gasteiger partial charge in [-0.3, -0.25) is 5.43 Å². The molecule has 0 aromatic heterocycles. The minimum atomic E-state index is -0.434. The second kappa shape index (κ2) is 9.02. The number of aldehydes is 1. The Morgan fingerprint density at radius 3 is 2.52 bits per heavy atom. The van der Waals surface area contributed by atoms with Gasteiger partial charge >= 0.3 is 0 Å². The molecular formula is C28H28N4O. The van der Waals surface area contributed by atoms with Gasteiger partial charge in [0.1, 0.15) is 12.3 Å². The summed E-state index contributed by atoms with van der Waals surface area (Å²) in [6.07, 6.45) is 3.46. The number of nitrogens with zero attached hydrogens (tertiary/aromatic N) is 1. The molecule has 166 valence electrons. The molecule has 0 radical (unpaired) electrons. The normalized spacial score (nSPS) is 20.6. The Labute approximate surface area is 194 Å². The Bertz CT molecular complexity index is 1200. The Hall–Kier alpha value is -3.73. The molecule has 0 bridgehead atoms. The Balaban J connectivity index is 1.57. The van der Waals surface area contributed by atoms with Gasteiger partial charge < -0.3 is 15.5 Å². The third-order valence-electron chi connectivity index (χ3n) is 6.55. The van der Waals surface area contributed by atoms with Crippen LogP contribution in [0.1, 0.15) is 65.6 Å². The van der Waals surface area contributed by atoms with Crippen LogP contribution >= 0.6 is 0 Å². The third kappa shape index (κ3) is 3.95. The van der Waals surface area contributed by atoms with Crippen LogP contribution in [0, 0.1) is 5.41 Å². The van der Waals surface area contributed by atoms with E-state index in [1.54, 1.807) is 0 Å². The van der Waals surface area contributed by atoms with E-state index in [0.29, 0.717) is 6.42 Å². The van der Waals surface area contributed by atoms with E-state index >= 15 is 0 Å². The van der Waals surface area contributed by atoms with Gasteiger partial charge in [0.05, 0.1) is 17.7 Å². The van der Waals surface area contributed by atoms with Crippen LogP contribution in [0.4, 0.5) is 5.69 Å². The SMILES string of the molecule is CCCC(=N)Cc1ccc(C2Nc3cccc4c3C(=NNC4C=O)C2c2ccccc2)cc1. The van der Waals surface area contributed by atoms with Crippen LogP contribution in [0.15, 0.2) is 77.9 Å². The summed E-state index contributed by atoms with van der Waals surface area (Å²) in [6, 6.07) is 24.7. The summed E-state index contributed by atoms with van der Waals surface area (Å²) in [4.78, 5) is 11.7. The molecule has 0 saturated heterocycles. The van der Waals surface area contributed by atoms with Crippen molar-refractivity contribution in [3.8, 4) is 0 Å². The number of anilines is 1. The lowest BCUT2D eigenvalue weighted by molar-refractivity contribution is -0.109. The van der Waals surface area contributed by atoms with E-state index in [0.717, 1.165) is 52.9 Å². The van der Waals surface area contributed by atoms with Gasteiger partial charge in [-0.1, -0.05) is 80.1 Å². The van der Waals surface area contributed by atoms with E-state index in [1.807, 2.05) is 18.2 Å². The third-order valence-corrected chi connectivity index (χ3v) is 6.55. The first-order valence-corrected chi connectivity index (χ1v) is 11.6. The van der Waals surface area contributed by atoms with Crippen LogP contribution in [0.25, 0.3) is 0 Å². The van der Waals surface area contributed by atoms with E-state index in [4.69, 9.17) is 10.5 Å². The van der Waals surface area contributed by atoms with Crippen LogP contribution in [-0.2, 0) is 11.2 Å². The van der Waals surface area contributed by atoms with Crippen molar-refractivity contribution in [2.45, 2.75) is 44.2 Å². The molecule has 5 rings (SSSR count). The van der Waals surface area contributed by atoms with Crippen molar-refractivity contribution in [1.29, 1.82) is 5.41 Å². The maximum atomic E-state index is 11.7. The second-order valence-electron chi connectivity index (χ2n) is 8.79. The van der Waals surface area contributed by atoms with Gasteiger partial charge in [-0.15, -0.1) is 0 Å². The lowest BCUT2D eigenvalue weighted by Crippen LogP contribution is -2.38. The van der Waals surface area contributed by atoms with E-state index in [2.05, 4.69) is 72.3 Å². The van der Waals surface area contributed by atoms with Crippen molar-refractivity contribution in [3.63, 3.8) is 0 Å². The van der Waals surface area contributed by atoms with E-state index < -0.39 is 6.04 Å². The average molecular weight is 437 g/mol. The summed E-state index contributed by atoms with van der Waals surface area (Å²) >= 11 is 0. The van der Waals surface area contributed by atoms with Crippen molar-refractivity contribution < 1.29 is 4.79 Å². The molecule has 3 N–H and O–H groups in total. The maximum Gasteiger partial charge on any atom is 0.148 e. The molecule has 3 aromatic rings. The number of carbonyl (C=O) groups excluding carboxylic acids is 1. The maximum absolute atomic E-state index is 11.7. The minimum absolute atomic E-state index is 0.00683. The molecule has 3 atom stereocenters. The molecule has 5 heteroatoms. The van der Waals surface area contributed by atoms with Crippen LogP contribution in [0.2, 0.25) is 0 Å². The van der Waals surface area contributed by atoms with Gasteiger partial charge in [-0.2, -0.15) is 5.10 Å². The van der Waals surface area contributed by atoms with Gasteiger partial charge in [0.2, 0.25) is 0 Å². The van der Waals surface area contributed by atoms with Gasteiger partial charge in [0.25, 0.3) is 0 Å². The van der Waals surface area contributed by atoms with Crippen LogP contribution in [0.5, 0.6) is 0 Å². The van der Waals surface area contributed by atoms with E-state index in [1.165, 1.54) is 11.1 Å². The number of carbonyl (C=O) groups is 1. The topological polar surface area (TPSA) is 77.3 Å². The number of hydrogen-bond donors (Lipinski definition) is 3. The minimum Gasteiger partial charge on any atom is -0.377 e. The zero-order valence-electron chi connectivity index (χ0n) is 18.7. The molecular weight excluding hydrogens is 408 g/mol. The summed E-state index contributed by atoms with van der Waals surface area (Å²) in [5.41, 5.74) is 11.3. The molecule has 33 heavy (non-hydrogen) atoms. The molecule has 0 aliphatic carbocycles. The fourth-order valence-electron chi connectivity index (χ4n) is 5.00. The number of nitrogens with one attached hydrogen (secondary N) is 3. The molecule has 0 saturated carbocycles. The number of benzene rings is 3. The highest BCUT2D eigenvalue weighted by atomic mass is 16.1. The fraction of sp³-hybridized carbons (Fsp3) is 0.250. The van der Waals surface area contributed by atoms with Gasteiger partial charge in [0.15, 0.2) is 0 Å². The second-order valence-corrected chi connectivity index (χ2v) is 8.79. The molecule has 2 aliphatic heterocycles. The monoisotopic (exact) mass is 436 g/mol. The van der Waals surface area contributed by atoms with E-state index in [9.17, 15) is 4.79 Å². The Kier molecular flexibility index (Phi) is 5.78. The fourth-order valence-corrected chi connectivity index (χ4v) is 5.00. The van der Waals surface area contributed by atoms with Crippen LogP contribution in [0.3, 0.4) is 0 Å². The first kappa shape index (κ1) is 21.1. The summed E-state index contributed by atoms with van der Waals surface area (Å²) in [6.45, 7) is 2.11. The molecule has 3 aromatic carbocycles. The molecule has 0 amide bonds. The molecule has 2 heterocycles. The highest BCUT2D eigenvalue weighted by Crippen LogP contribution is 2.45. The number of hydrazone groups is 1. The molecule has 3 unspecified atom stereocenters. The molecule has 0 spiro atoms. The smallest absolute Gasteiger partial charge is 0.148 e. The first-order chi connectivity index (χ1) is 16.2. The number of rotatable bonds is 7. The Morgan fingerprint density at radius 2 is 1.79 bits per heavy atom. The molecule has 5 nitrogen and oxygen atoms in total. The van der Waals surface area contributed by atoms with Crippen molar-refractivity contribution >= 4 is 23.4 Å². The highest BCUT2D eigenvalue weighted by molar-refractivity contribution is 6.13. The highest BCUT2D eigenvalue weighted by Gasteiger charge is 2.39. The lowest BCUT2D eigenvalue weighted by Gasteiger charge is -2.39. The predicted octanol–water partition coefficient (Wildman–Crippen LogP) is 5.55. The summed E-state index contributed by atoms with van der Waals surface area (Å²) in [5, 5.41) is 16.6. The van der Waals surface area contributed by atoms with Crippen molar-refractivity contribution in [1.82, 2.24) is 5.43 Å². The summed E-state index contributed by atoms with van der Waals surface area (Å²) in [5.74, 6) is -0.0100. The van der Waals surface area contributed by atoms with Crippen molar-refractivity contribution in [2.24, 2.45) is 5.10 Å². The molecule has 2 aliphatic rings.